The Kier molecular flexibility index (Phi) is 3.45. The third-order valence-corrected chi connectivity index (χ3v) is 2.90. The SMILES string of the molecule is CCOC(=O)c1nc(I)sc1C. The first-order valence-electron chi connectivity index (χ1n) is 3.45. The Labute approximate surface area is 88.3 Å². The average Bonchev–Trinajstić information content (AvgIpc) is 2.30. The molecule has 5 heteroatoms. The number of halogens is 1. The predicted molar refractivity (Wildman–Crippen MR) is 55.5 cm³/mol. The Hall–Kier alpha value is -0.170. The van der Waals surface area contributed by atoms with Crippen LogP contribution in [0.4, 0.5) is 0 Å². The van der Waals surface area contributed by atoms with E-state index in [1.165, 1.54) is 11.3 Å². The summed E-state index contributed by atoms with van der Waals surface area (Å²) in [6.45, 7) is 4.04. The van der Waals surface area contributed by atoms with Crippen molar-refractivity contribution < 1.29 is 9.53 Å². The monoisotopic (exact) mass is 297 g/mol. The Balaban J connectivity index is 2.87. The van der Waals surface area contributed by atoms with Crippen LogP contribution in [0.1, 0.15) is 22.3 Å². The van der Waals surface area contributed by atoms with E-state index in [4.69, 9.17) is 4.74 Å². The Morgan fingerprint density at radius 2 is 2.42 bits per heavy atom. The summed E-state index contributed by atoms with van der Waals surface area (Å²) in [5, 5.41) is 0. The summed E-state index contributed by atoms with van der Waals surface area (Å²) in [6, 6.07) is 0. The summed E-state index contributed by atoms with van der Waals surface area (Å²) in [7, 11) is 0. The van der Waals surface area contributed by atoms with Crippen molar-refractivity contribution in [3.63, 3.8) is 0 Å². The maximum absolute atomic E-state index is 11.2. The molecule has 12 heavy (non-hydrogen) atoms. The molecular formula is C7H8INO2S. The first-order chi connectivity index (χ1) is 5.65. The van der Waals surface area contributed by atoms with Crippen molar-refractivity contribution >= 4 is 39.9 Å². The van der Waals surface area contributed by atoms with Gasteiger partial charge in [0.05, 0.1) is 6.61 Å². The number of hydrogen-bond acceptors (Lipinski definition) is 4. The lowest BCUT2D eigenvalue weighted by atomic mass is 10.4. The van der Waals surface area contributed by atoms with Gasteiger partial charge in [-0.25, -0.2) is 9.78 Å². The molecule has 1 aromatic rings. The van der Waals surface area contributed by atoms with Crippen LogP contribution in [-0.4, -0.2) is 17.6 Å². The van der Waals surface area contributed by atoms with E-state index in [0.29, 0.717) is 12.3 Å². The summed E-state index contributed by atoms with van der Waals surface area (Å²) in [5.74, 6) is -0.325. The lowest BCUT2D eigenvalue weighted by Crippen LogP contribution is -2.06. The second-order valence-electron chi connectivity index (χ2n) is 2.09. The van der Waals surface area contributed by atoms with Crippen LogP contribution in [0.2, 0.25) is 0 Å². The van der Waals surface area contributed by atoms with Gasteiger partial charge in [0.2, 0.25) is 0 Å². The van der Waals surface area contributed by atoms with Crippen LogP contribution >= 0.6 is 33.9 Å². The maximum atomic E-state index is 11.2. The summed E-state index contributed by atoms with van der Waals surface area (Å²) in [4.78, 5) is 16.2. The quantitative estimate of drug-likeness (QED) is 0.621. The summed E-state index contributed by atoms with van der Waals surface area (Å²) in [5.41, 5.74) is 0.450. The average molecular weight is 297 g/mol. The summed E-state index contributed by atoms with van der Waals surface area (Å²) < 4.78 is 5.69. The minimum atomic E-state index is -0.325. The van der Waals surface area contributed by atoms with E-state index in [0.717, 1.165) is 7.89 Å². The van der Waals surface area contributed by atoms with Gasteiger partial charge in [0, 0.05) is 4.88 Å². The third-order valence-electron chi connectivity index (χ3n) is 1.24. The van der Waals surface area contributed by atoms with Gasteiger partial charge in [-0.3, -0.25) is 0 Å². The molecule has 3 nitrogen and oxygen atoms in total. The number of hydrogen-bond donors (Lipinski definition) is 0. The molecule has 0 fully saturated rings. The van der Waals surface area contributed by atoms with Gasteiger partial charge in [0.25, 0.3) is 0 Å². The van der Waals surface area contributed by atoms with E-state index in [-0.39, 0.29) is 5.97 Å². The largest absolute Gasteiger partial charge is 0.461 e. The number of thiazole rings is 1. The number of carbonyl (C=O) groups excluding carboxylic acids is 1. The molecule has 0 amide bonds. The van der Waals surface area contributed by atoms with Gasteiger partial charge in [-0.05, 0) is 36.4 Å². The van der Waals surface area contributed by atoms with Crippen molar-refractivity contribution in [2.45, 2.75) is 13.8 Å². The van der Waals surface area contributed by atoms with Gasteiger partial charge in [0.15, 0.2) is 8.71 Å². The van der Waals surface area contributed by atoms with Crippen LogP contribution < -0.4 is 0 Å². The zero-order valence-electron chi connectivity index (χ0n) is 6.76. The van der Waals surface area contributed by atoms with E-state index in [1.807, 2.05) is 6.92 Å². The van der Waals surface area contributed by atoms with Gasteiger partial charge in [-0.2, -0.15) is 0 Å². The van der Waals surface area contributed by atoms with Crippen LogP contribution in [0.25, 0.3) is 0 Å². The molecule has 0 aliphatic rings. The lowest BCUT2D eigenvalue weighted by molar-refractivity contribution is 0.0519. The van der Waals surface area contributed by atoms with Crippen LogP contribution in [0.3, 0.4) is 0 Å². The second-order valence-corrected chi connectivity index (χ2v) is 5.05. The maximum Gasteiger partial charge on any atom is 0.358 e. The van der Waals surface area contributed by atoms with E-state index in [2.05, 4.69) is 27.6 Å². The topological polar surface area (TPSA) is 39.2 Å². The van der Waals surface area contributed by atoms with E-state index < -0.39 is 0 Å². The third kappa shape index (κ3) is 2.16. The molecule has 0 unspecified atom stereocenters. The van der Waals surface area contributed by atoms with Gasteiger partial charge >= 0.3 is 5.97 Å². The van der Waals surface area contributed by atoms with Crippen molar-refractivity contribution in [1.29, 1.82) is 0 Å². The number of rotatable bonds is 2. The molecular weight excluding hydrogens is 289 g/mol. The Bertz CT molecular complexity index is 298. The highest BCUT2D eigenvalue weighted by Crippen LogP contribution is 2.19. The predicted octanol–water partition coefficient (Wildman–Crippen LogP) is 2.23. The summed E-state index contributed by atoms with van der Waals surface area (Å²) in [6.07, 6.45) is 0. The van der Waals surface area contributed by atoms with Crippen LogP contribution in [0.5, 0.6) is 0 Å². The lowest BCUT2D eigenvalue weighted by Gasteiger charge is -1.97. The van der Waals surface area contributed by atoms with Crippen LogP contribution in [0.15, 0.2) is 0 Å². The molecule has 0 aliphatic carbocycles. The van der Waals surface area contributed by atoms with Crippen LogP contribution in [-0.2, 0) is 4.74 Å². The highest BCUT2D eigenvalue weighted by molar-refractivity contribution is 14.1. The molecule has 0 bridgehead atoms. The fraction of sp³-hybridized carbons (Fsp3) is 0.429. The highest BCUT2D eigenvalue weighted by atomic mass is 127. The first kappa shape index (κ1) is 9.91. The van der Waals surface area contributed by atoms with Crippen LogP contribution in [0, 0.1) is 9.94 Å². The smallest absolute Gasteiger partial charge is 0.358 e. The van der Waals surface area contributed by atoms with Crippen molar-refractivity contribution in [2.75, 3.05) is 6.61 Å². The standard InChI is InChI=1S/C7H8INO2S/c1-3-11-6(10)5-4(2)12-7(8)9-5/h3H2,1-2H3. The van der Waals surface area contributed by atoms with Crippen molar-refractivity contribution in [1.82, 2.24) is 4.98 Å². The molecule has 0 atom stereocenters. The van der Waals surface area contributed by atoms with Gasteiger partial charge in [0.1, 0.15) is 0 Å². The second kappa shape index (κ2) is 4.18. The molecule has 66 valence electrons. The van der Waals surface area contributed by atoms with Crippen molar-refractivity contribution in [3.8, 4) is 0 Å². The Morgan fingerprint density at radius 3 is 2.83 bits per heavy atom. The molecule has 0 aromatic carbocycles. The molecule has 0 aliphatic heterocycles. The number of nitrogens with zero attached hydrogens (tertiary/aromatic N) is 1. The normalized spacial score (nSPS) is 9.92. The van der Waals surface area contributed by atoms with Crippen molar-refractivity contribution in [3.05, 3.63) is 13.6 Å². The fourth-order valence-corrected chi connectivity index (χ4v) is 2.60. The molecule has 1 rings (SSSR count). The summed E-state index contributed by atoms with van der Waals surface area (Å²) >= 11 is 3.59. The number of ether oxygens (including phenoxy) is 1. The van der Waals surface area contributed by atoms with E-state index in [1.54, 1.807) is 6.92 Å². The molecule has 0 N–H and O–H groups in total. The fourth-order valence-electron chi connectivity index (χ4n) is 0.753. The number of aryl methyl sites for hydroxylation is 1. The first-order valence-corrected chi connectivity index (χ1v) is 5.34. The zero-order chi connectivity index (χ0) is 9.14. The van der Waals surface area contributed by atoms with Crippen molar-refractivity contribution in [2.24, 2.45) is 0 Å². The minimum absolute atomic E-state index is 0.325. The van der Waals surface area contributed by atoms with Gasteiger partial charge < -0.3 is 4.74 Å². The molecule has 1 heterocycles. The van der Waals surface area contributed by atoms with Gasteiger partial charge in [-0.15, -0.1) is 11.3 Å². The molecule has 0 saturated carbocycles. The Morgan fingerprint density at radius 1 is 1.75 bits per heavy atom. The molecule has 1 aromatic heterocycles. The zero-order valence-corrected chi connectivity index (χ0v) is 9.73. The molecule has 0 saturated heterocycles. The minimum Gasteiger partial charge on any atom is -0.461 e. The highest BCUT2D eigenvalue weighted by Gasteiger charge is 2.14. The molecule has 0 radical (unpaired) electrons. The number of esters is 1. The number of aromatic nitrogens is 1. The van der Waals surface area contributed by atoms with E-state index >= 15 is 0 Å². The van der Waals surface area contributed by atoms with E-state index in [9.17, 15) is 4.79 Å². The number of carbonyl (C=O) groups is 1. The molecule has 0 spiro atoms. The van der Waals surface area contributed by atoms with Gasteiger partial charge in [-0.1, -0.05) is 0 Å².